The molecule has 1 amide bonds. The van der Waals surface area contributed by atoms with Crippen LogP contribution in [0.2, 0.25) is 5.02 Å². The fourth-order valence-corrected chi connectivity index (χ4v) is 5.61. The van der Waals surface area contributed by atoms with Gasteiger partial charge in [0.2, 0.25) is 10.0 Å². The highest BCUT2D eigenvalue weighted by Crippen LogP contribution is 2.40. The number of hydrogen-bond acceptors (Lipinski definition) is 5. The van der Waals surface area contributed by atoms with Crippen molar-refractivity contribution >= 4 is 33.5 Å². The summed E-state index contributed by atoms with van der Waals surface area (Å²) < 4.78 is 65.6. The van der Waals surface area contributed by atoms with Crippen LogP contribution in [0.25, 0.3) is 0 Å². The number of aromatic nitrogens is 2. The predicted octanol–water partition coefficient (Wildman–Crippen LogP) is 4.03. The first-order valence-corrected chi connectivity index (χ1v) is 13.1. The van der Waals surface area contributed by atoms with E-state index in [0.29, 0.717) is 38.0 Å². The van der Waals surface area contributed by atoms with Crippen LogP contribution in [0.4, 0.5) is 23.8 Å². The number of amides is 1. The number of benzene rings is 1. The molecule has 186 valence electrons. The van der Waals surface area contributed by atoms with Gasteiger partial charge in [0.25, 0.3) is 0 Å². The standard InChI is InChI=1S/C21H25ClF3N5O3S/c1-34(32,33)27-18-3-8-30(26-18)19(31)28-9-5-20(6-10-28)4-2-7-29(20)14-15-11-16(21(23,24)25)13-17(22)12-15/h3,8,11-13H,2,4-7,9-10,14H2,1H3,(H,26,27). The number of rotatable bonds is 4. The Balaban J connectivity index is 1.42. The maximum absolute atomic E-state index is 13.2. The molecule has 1 spiro atoms. The summed E-state index contributed by atoms with van der Waals surface area (Å²) in [6, 6.07) is 4.70. The first-order valence-electron chi connectivity index (χ1n) is 10.8. The highest BCUT2D eigenvalue weighted by molar-refractivity contribution is 7.92. The summed E-state index contributed by atoms with van der Waals surface area (Å²) in [4.78, 5) is 16.7. The fraction of sp³-hybridized carbons (Fsp3) is 0.524. The molecule has 34 heavy (non-hydrogen) atoms. The van der Waals surface area contributed by atoms with E-state index >= 15 is 0 Å². The number of likely N-dealkylation sites (tertiary alicyclic amines) is 2. The molecule has 0 unspecified atom stereocenters. The van der Waals surface area contributed by atoms with Gasteiger partial charge in [-0.25, -0.2) is 13.2 Å². The van der Waals surface area contributed by atoms with Crippen LogP contribution in [0.15, 0.2) is 30.5 Å². The second-order valence-electron chi connectivity index (χ2n) is 8.88. The monoisotopic (exact) mass is 519 g/mol. The van der Waals surface area contributed by atoms with Gasteiger partial charge >= 0.3 is 12.2 Å². The average Bonchev–Trinajstić information content (AvgIpc) is 3.33. The van der Waals surface area contributed by atoms with Gasteiger partial charge in [-0.1, -0.05) is 11.6 Å². The average molecular weight is 520 g/mol. The molecular formula is C21H25ClF3N5O3S. The first-order chi connectivity index (χ1) is 15.8. The smallest absolute Gasteiger partial charge is 0.323 e. The molecule has 1 aromatic heterocycles. The molecule has 2 aromatic rings. The summed E-state index contributed by atoms with van der Waals surface area (Å²) in [5, 5.41) is 4.04. The number of sulfonamides is 1. The number of carbonyl (C=O) groups excluding carboxylic acids is 1. The van der Waals surface area contributed by atoms with Crippen molar-refractivity contribution in [3.05, 3.63) is 46.6 Å². The van der Waals surface area contributed by atoms with E-state index in [9.17, 15) is 26.4 Å². The van der Waals surface area contributed by atoms with Gasteiger partial charge in [0.05, 0.1) is 11.8 Å². The van der Waals surface area contributed by atoms with Crippen LogP contribution in [-0.4, -0.2) is 65.5 Å². The van der Waals surface area contributed by atoms with E-state index in [0.717, 1.165) is 42.5 Å². The lowest BCUT2D eigenvalue weighted by Gasteiger charge is -2.45. The van der Waals surface area contributed by atoms with Gasteiger partial charge in [0, 0.05) is 42.5 Å². The van der Waals surface area contributed by atoms with Gasteiger partial charge in [-0.2, -0.15) is 17.9 Å². The van der Waals surface area contributed by atoms with Crippen molar-refractivity contribution in [2.75, 3.05) is 30.6 Å². The van der Waals surface area contributed by atoms with Crippen LogP contribution in [0.5, 0.6) is 0 Å². The molecule has 0 saturated carbocycles. The maximum Gasteiger partial charge on any atom is 0.416 e. The van der Waals surface area contributed by atoms with Crippen LogP contribution in [-0.2, 0) is 22.7 Å². The molecule has 0 atom stereocenters. The fourth-order valence-electron chi connectivity index (χ4n) is 4.87. The molecule has 0 bridgehead atoms. The van der Waals surface area contributed by atoms with Gasteiger partial charge in [-0.3, -0.25) is 9.62 Å². The van der Waals surface area contributed by atoms with Crippen LogP contribution in [0.3, 0.4) is 0 Å². The van der Waals surface area contributed by atoms with E-state index in [1.807, 2.05) is 0 Å². The maximum atomic E-state index is 13.2. The second-order valence-corrected chi connectivity index (χ2v) is 11.1. The van der Waals surface area contributed by atoms with Crippen LogP contribution < -0.4 is 4.72 Å². The van der Waals surface area contributed by atoms with Gasteiger partial charge in [0.1, 0.15) is 0 Å². The summed E-state index contributed by atoms with van der Waals surface area (Å²) in [6.07, 6.45) is 1.14. The van der Waals surface area contributed by atoms with E-state index < -0.39 is 21.8 Å². The molecule has 1 aromatic carbocycles. The number of nitrogens with zero attached hydrogens (tertiary/aromatic N) is 4. The Kier molecular flexibility index (Phi) is 6.60. The lowest BCUT2D eigenvalue weighted by atomic mass is 9.84. The van der Waals surface area contributed by atoms with Crippen molar-refractivity contribution in [3.8, 4) is 0 Å². The normalized spacial score (nSPS) is 19.0. The molecule has 0 aliphatic carbocycles. The van der Waals surface area contributed by atoms with Crippen molar-refractivity contribution in [2.24, 2.45) is 0 Å². The Morgan fingerprint density at radius 2 is 1.88 bits per heavy atom. The van der Waals surface area contributed by atoms with E-state index in [4.69, 9.17) is 11.6 Å². The number of carbonyl (C=O) groups is 1. The molecule has 3 heterocycles. The largest absolute Gasteiger partial charge is 0.416 e. The Morgan fingerprint density at radius 1 is 1.18 bits per heavy atom. The van der Waals surface area contributed by atoms with Crippen LogP contribution >= 0.6 is 11.6 Å². The number of halogens is 4. The zero-order valence-corrected chi connectivity index (χ0v) is 20.0. The Hall–Kier alpha value is -2.31. The molecule has 2 aliphatic rings. The number of anilines is 1. The summed E-state index contributed by atoms with van der Waals surface area (Å²) in [7, 11) is -3.50. The van der Waals surface area contributed by atoms with Crippen LogP contribution in [0, 0.1) is 0 Å². The Labute approximate surface area is 200 Å². The number of alkyl halides is 3. The third-order valence-electron chi connectivity index (χ3n) is 6.44. The van der Waals surface area contributed by atoms with Crippen molar-refractivity contribution in [1.29, 1.82) is 0 Å². The lowest BCUT2D eigenvalue weighted by Crippen LogP contribution is -2.53. The van der Waals surface area contributed by atoms with Crippen LogP contribution in [0.1, 0.15) is 36.8 Å². The number of hydrogen-bond donors (Lipinski definition) is 1. The van der Waals surface area contributed by atoms with Crippen molar-refractivity contribution in [2.45, 2.75) is 43.9 Å². The molecule has 13 heteroatoms. The van der Waals surface area contributed by atoms with E-state index in [-0.39, 0.29) is 22.4 Å². The number of piperidine rings is 1. The molecule has 4 rings (SSSR count). The topological polar surface area (TPSA) is 87.5 Å². The Bertz CT molecular complexity index is 1180. The quantitative estimate of drug-likeness (QED) is 0.659. The minimum absolute atomic E-state index is 0.0578. The van der Waals surface area contributed by atoms with Gasteiger partial charge in [-0.05, 0) is 56.0 Å². The Morgan fingerprint density at radius 3 is 2.53 bits per heavy atom. The zero-order valence-electron chi connectivity index (χ0n) is 18.5. The summed E-state index contributed by atoms with van der Waals surface area (Å²) >= 11 is 5.96. The third kappa shape index (κ3) is 5.49. The van der Waals surface area contributed by atoms with Crippen molar-refractivity contribution < 1.29 is 26.4 Å². The minimum atomic E-state index is -4.46. The van der Waals surface area contributed by atoms with Crippen molar-refractivity contribution in [1.82, 2.24) is 19.6 Å². The molecule has 2 fully saturated rings. The molecular weight excluding hydrogens is 495 g/mol. The molecule has 2 saturated heterocycles. The first kappa shape index (κ1) is 24.8. The molecule has 8 nitrogen and oxygen atoms in total. The highest BCUT2D eigenvalue weighted by atomic mass is 35.5. The third-order valence-corrected chi connectivity index (χ3v) is 7.24. The minimum Gasteiger partial charge on any atom is -0.323 e. The molecule has 0 radical (unpaired) electrons. The predicted molar refractivity (Wildman–Crippen MR) is 121 cm³/mol. The van der Waals surface area contributed by atoms with Gasteiger partial charge in [-0.15, -0.1) is 5.10 Å². The highest BCUT2D eigenvalue weighted by Gasteiger charge is 2.44. The lowest BCUT2D eigenvalue weighted by molar-refractivity contribution is -0.137. The van der Waals surface area contributed by atoms with E-state index in [1.54, 1.807) is 11.0 Å². The van der Waals surface area contributed by atoms with Gasteiger partial charge < -0.3 is 4.90 Å². The second kappa shape index (κ2) is 9.04. The zero-order chi connectivity index (χ0) is 24.7. The SMILES string of the molecule is CS(=O)(=O)Nc1ccn(C(=O)N2CCC3(CCCN3Cc3cc(Cl)cc(C(F)(F)F)c3)CC2)n1. The van der Waals surface area contributed by atoms with Gasteiger partial charge in [0.15, 0.2) is 5.82 Å². The number of nitrogens with one attached hydrogen (secondary N) is 1. The summed E-state index contributed by atoms with van der Waals surface area (Å²) in [5.74, 6) is 0.0612. The summed E-state index contributed by atoms with van der Waals surface area (Å²) in [6.45, 7) is 2.06. The van der Waals surface area contributed by atoms with E-state index in [1.165, 1.54) is 12.3 Å². The molecule has 2 aliphatic heterocycles. The summed E-state index contributed by atoms with van der Waals surface area (Å²) in [5.41, 5.74) is -0.431. The van der Waals surface area contributed by atoms with E-state index in [2.05, 4.69) is 14.7 Å². The molecule has 1 N–H and O–H groups in total. The van der Waals surface area contributed by atoms with Crippen molar-refractivity contribution in [3.63, 3.8) is 0 Å².